The number of hydrogen-bond acceptors (Lipinski definition) is 5. The molecular weight excluding hydrogens is 344 g/mol. The van der Waals surface area contributed by atoms with Crippen molar-refractivity contribution in [2.45, 2.75) is 11.8 Å². The lowest BCUT2D eigenvalue weighted by Crippen LogP contribution is -2.13. The predicted molar refractivity (Wildman–Crippen MR) is 94.3 cm³/mol. The Bertz CT molecular complexity index is 1090. The van der Waals surface area contributed by atoms with Gasteiger partial charge in [-0.3, -0.25) is 14.8 Å². The molecule has 0 aliphatic heterocycles. The van der Waals surface area contributed by atoms with Crippen LogP contribution in [0.15, 0.2) is 59.5 Å². The summed E-state index contributed by atoms with van der Waals surface area (Å²) in [6.07, 6.45) is 0. The maximum atomic E-state index is 12.6. The van der Waals surface area contributed by atoms with E-state index in [2.05, 4.69) is 4.72 Å². The van der Waals surface area contributed by atoms with Gasteiger partial charge in [-0.25, -0.2) is 8.42 Å². The van der Waals surface area contributed by atoms with Crippen molar-refractivity contribution in [3.05, 3.63) is 70.3 Å². The van der Waals surface area contributed by atoms with Crippen LogP contribution in [0.2, 0.25) is 0 Å². The number of sulfonamides is 1. The van der Waals surface area contributed by atoms with E-state index in [-0.39, 0.29) is 22.0 Å². The number of phenolic OH excluding ortho intramolecular Hbond substituents is 1. The quantitative estimate of drug-likeness (QED) is 0.421. The van der Waals surface area contributed by atoms with Crippen molar-refractivity contribution in [1.82, 2.24) is 0 Å². The van der Waals surface area contributed by atoms with Crippen molar-refractivity contribution >= 4 is 32.2 Å². The summed E-state index contributed by atoms with van der Waals surface area (Å²) in [5, 5.41) is 21.9. The van der Waals surface area contributed by atoms with Gasteiger partial charge in [-0.1, -0.05) is 30.3 Å². The molecule has 0 unspecified atom stereocenters. The summed E-state index contributed by atoms with van der Waals surface area (Å²) in [5.41, 5.74) is 0.383. The molecule has 0 heterocycles. The van der Waals surface area contributed by atoms with E-state index >= 15 is 0 Å². The van der Waals surface area contributed by atoms with Crippen LogP contribution in [-0.2, 0) is 10.0 Å². The number of rotatable bonds is 4. The van der Waals surface area contributed by atoms with Gasteiger partial charge in [0.15, 0.2) is 0 Å². The summed E-state index contributed by atoms with van der Waals surface area (Å²) in [7, 11) is -4.03. The fourth-order valence-electron chi connectivity index (χ4n) is 2.53. The molecule has 7 nitrogen and oxygen atoms in total. The molecule has 3 aromatic rings. The van der Waals surface area contributed by atoms with Gasteiger partial charge >= 0.3 is 0 Å². The number of phenols is 1. The number of nitro groups is 1. The van der Waals surface area contributed by atoms with Gasteiger partial charge in [-0.2, -0.15) is 0 Å². The highest BCUT2D eigenvalue weighted by Gasteiger charge is 2.20. The molecule has 0 fully saturated rings. The standard InChI is InChI=1S/C17H14N2O5S/c1-11-6-7-12(10-16(11)19(21)22)25(23,24)18-15-8-9-17(20)14-5-3-2-4-13(14)15/h2-10,18,20H,1H3. The molecule has 25 heavy (non-hydrogen) atoms. The molecule has 0 spiro atoms. The Kier molecular flexibility index (Phi) is 4.05. The second kappa shape index (κ2) is 6.06. The van der Waals surface area contributed by atoms with Gasteiger partial charge < -0.3 is 5.11 Å². The molecule has 0 aromatic heterocycles. The third kappa shape index (κ3) is 3.11. The molecule has 2 N–H and O–H groups in total. The van der Waals surface area contributed by atoms with Crippen molar-refractivity contribution in [3.63, 3.8) is 0 Å². The number of benzene rings is 3. The maximum absolute atomic E-state index is 12.6. The van der Waals surface area contributed by atoms with E-state index in [0.29, 0.717) is 16.3 Å². The molecule has 128 valence electrons. The van der Waals surface area contributed by atoms with Crippen molar-refractivity contribution in [2.75, 3.05) is 4.72 Å². The Morgan fingerprint density at radius 2 is 1.72 bits per heavy atom. The lowest BCUT2D eigenvalue weighted by molar-refractivity contribution is -0.385. The Balaban J connectivity index is 2.08. The highest BCUT2D eigenvalue weighted by atomic mass is 32.2. The molecule has 0 aliphatic carbocycles. The van der Waals surface area contributed by atoms with E-state index in [9.17, 15) is 23.6 Å². The van der Waals surface area contributed by atoms with Crippen LogP contribution >= 0.6 is 0 Å². The molecule has 8 heteroatoms. The van der Waals surface area contributed by atoms with E-state index in [1.165, 1.54) is 31.2 Å². The molecular formula is C17H14N2O5S. The number of nitro benzene ring substituents is 1. The summed E-state index contributed by atoms with van der Waals surface area (Å²) in [6.45, 7) is 1.54. The van der Waals surface area contributed by atoms with Crippen LogP contribution in [0.5, 0.6) is 5.75 Å². The first kappa shape index (κ1) is 16.7. The van der Waals surface area contributed by atoms with Crippen LogP contribution in [0.25, 0.3) is 10.8 Å². The summed E-state index contributed by atoms with van der Waals surface area (Å²) in [4.78, 5) is 10.2. The Hall–Kier alpha value is -3.13. The second-order valence-electron chi connectivity index (χ2n) is 5.49. The zero-order chi connectivity index (χ0) is 18.2. The van der Waals surface area contributed by atoms with Crippen LogP contribution in [0.1, 0.15) is 5.56 Å². The molecule has 3 rings (SSSR count). The monoisotopic (exact) mass is 358 g/mol. The van der Waals surface area contributed by atoms with E-state index in [0.717, 1.165) is 6.07 Å². The van der Waals surface area contributed by atoms with Crippen molar-refractivity contribution < 1.29 is 18.4 Å². The number of aromatic hydroxyl groups is 1. The molecule has 0 amide bonds. The van der Waals surface area contributed by atoms with E-state index < -0.39 is 14.9 Å². The lowest BCUT2D eigenvalue weighted by Gasteiger charge is -2.12. The molecule has 0 bridgehead atoms. The van der Waals surface area contributed by atoms with Gasteiger partial charge in [0.2, 0.25) is 0 Å². The van der Waals surface area contributed by atoms with Gasteiger partial charge in [-0.15, -0.1) is 0 Å². The molecule has 0 saturated heterocycles. The summed E-state index contributed by atoms with van der Waals surface area (Å²) in [5.74, 6) is 0.0320. The molecule has 0 radical (unpaired) electrons. The minimum atomic E-state index is -4.03. The van der Waals surface area contributed by atoms with Crippen LogP contribution in [0, 0.1) is 17.0 Å². The van der Waals surface area contributed by atoms with Gasteiger partial charge in [-0.05, 0) is 25.1 Å². The summed E-state index contributed by atoms with van der Waals surface area (Å²) < 4.78 is 27.7. The fourth-order valence-corrected chi connectivity index (χ4v) is 3.63. The van der Waals surface area contributed by atoms with Gasteiger partial charge in [0.1, 0.15) is 5.75 Å². The van der Waals surface area contributed by atoms with Crippen LogP contribution in [0.3, 0.4) is 0 Å². The average molecular weight is 358 g/mol. The van der Waals surface area contributed by atoms with Crippen LogP contribution < -0.4 is 4.72 Å². The van der Waals surface area contributed by atoms with Crippen molar-refractivity contribution in [2.24, 2.45) is 0 Å². The smallest absolute Gasteiger partial charge is 0.273 e. The SMILES string of the molecule is Cc1ccc(S(=O)(=O)Nc2ccc(O)c3ccccc23)cc1[N+](=O)[O-]. The van der Waals surface area contributed by atoms with Gasteiger partial charge in [0.25, 0.3) is 15.7 Å². The van der Waals surface area contributed by atoms with Gasteiger partial charge in [0, 0.05) is 22.4 Å². The van der Waals surface area contributed by atoms with Crippen LogP contribution in [-0.4, -0.2) is 18.4 Å². The van der Waals surface area contributed by atoms with Crippen molar-refractivity contribution in [1.29, 1.82) is 0 Å². The normalized spacial score (nSPS) is 11.4. The van der Waals surface area contributed by atoms with E-state index in [1.807, 2.05) is 0 Å². The summed E-state index contributed by atoms with van der Waals surface area (Å²) in [6, 6.07) is 13.3. The first-order valence-electron chi connectivity index (χ1n) is 7.28. The Labute approximate surface area is 143 Å². The Morgan fingerprint density at radius 1 is 1.04 bits per heavy atom. The Morgan fingerprint density at radius 3 is 2.40 bits per heavy atom. The number of fused-ring (bicyclic) bond motifs is 1. The molecule has 0 aliphatic rings. The number of anilines is 1. The number of hydrogen-bond donors (Lipinski definition) is 2. The first-order chi connectivity index (χ1) is 11.8. The molecule has 3 aromatic carbocycles. The third-order valence-corrected chi connectivity index (χ3v) is 5.20. The van der Waals surface area contributed by atoms with Crippen molar-refractivity contribution in [3.8, 4) is 5.75 Å². The topological polar surface area (TPSA) is 110 Å². The van der Waals surface area contributed by atoms with Crippen LogP contribution in [0.4, 0.5) is 11.4 Å². The number of aryl methyl sites for hydroxylation is 1. The molecule has 0 saturated carbocycles. The number of nitrogens with one attached hydrogen (secondary N) is 1. The second-order valence-corrected chi connectivity index (χ2v) is 7.17. The zero-order valence-electron chi connectivity index (χ0n) is 13.1. The van der Waals surface area contributed by atoms with Gasteiger partial charge in [0.05, 0.1) is 15.5 Å². The maximum Gasteiger partial charge on any atom is 0.273 e. The first-order valence-corrected chi connectivity index (χ1v) is 8.76. The minimum Gasteiger partial charge on any atom is -0.507 e. The summed E-state index contributed by atoms with van der Waals surface area (Å²) >= 11 is 0. The highest BCUT2D eigenvalue weighted by molar-refractivity contribution is 7.92. The highest BCUT2D eigenvalue weighted by Crippen LogP contribution is 2.32. The lowest BCUT2D eigenvalue weighted by atomic mass is 10.1. The average Bonchev–Trinajstić information content (AvgIpc) is 2.57. The van der Waals surface area contributed by atoms with E-state index in [1.54, 1.807) is 24.3 Å². The minimum absolute atomic E-state index is 0.0320. The fraction of sp³-hybridized carbons (Fsp3) is 0.0588. The largest absolute Gasteiger partial charge is 0.507 e. The van der Waals surface area contributed by atoms with E-state index in [4.69, 9.17) is 0 Å². The third-order valence-electron chi connectivity index (χ3n) is 3.83. The zero-order valence-corrected chi connectivity index (χ0v) is 13.9. The molecule has 0 atom stereocenters. The predicted octanol–water partition coefficient (Wildman–Crippen LogP) is 3.56. The number of nitrogens with zero attached hydrogens (tertiary/aromatic N) is 1.